The van der Waals surface area contributed by atoms with E-state index in [1.165, 1.54) is 18.5 Å². The molecular formula is C15H16BrN3O. The van der Waals surface area contributed by atoms with Gasteiger partial charge >= 0.3 is 0 Å². The lowest BCUT2D eigenvalue weighted by Crippen LogP contribution is -2.08. The molecule has 1 saturated carbocycles. The van der Waals surface area contributed by atoms with E-state index in [4.69, 9.17) is 5.73 Å². The first-order chi connectivity index (χ1) is 9.70. The second-order valence-electron chi connectivity index (χ2n) is 5.07. The maximum atomic E-state index is 11.8. The largest absolute Gasteiger partial charge is 0.330 e. The van der Waals surface area contributed by atoms with E-state index in [-0.39, 0.29) is 5.78 Å². The number of hydrogen-bond donors (Lipinski definition) is 1. The van der Waals surface area contributed by atoms with Crippen LogP contribution in [0, 0.1) is 0 Å². The Bertz CT molecular complexity index is 629. The molecule has 4 nitrogen and oxygen atoms in total. The fourth-order valence-electron chi connectivity index (χ4n) is 2.33. The zero-order valence-corrected chi connectivity index (χ0v) is 12.6. The number of carbonyl (C=O) groups excluding carboxylic acids is 1. The van der Waals surface area contributed by atoms with E-state index in [1.54, 1.807) is 0 Å². The van der Waals surface area contributed by atoms with Gasteiger partial charge in [-0.25, -0.2) is 4.68 Å². The molecule has 1 aromatic heterocycles. The zero-order valence-electron chi connectivity index (χ0n) is 11.1. The minimum absolute atomic E-state index is 0.0862. The minimum atomic E-state index is 0.0862. The standard InChI is InChI=1S/C15H16BrN3O/c16-13-9-18-19(15(13)11-1-2-11)12-5-3-10(4-6-12)14(20)7-8-17/h3-6,9,11H,1-2,7-8,17H2. The molecule has 2 aromatic rings. The third kappa shape index (κ3) is 2.55. The van der Waals surface area contributed by atoms with Crippen molar-refractivity contribution in [3.63, 3.8) is 0 Å². The summed E-state index contributed by atoms with van der Waals surface area (Å²) in [6.45, 7) is 0.387. The van der Waals surface area contributed by atoms with Crippen LogP contribution < -0.4 is 5.73 Å². The number of nitrogens with zero attached hydrogens (tertiary/aromatic N) is 2. The summed E-state index contributed by atoms with van der Waals surface area (Å²) in [5.74, 6) is 0.688. The Morgan fingerprint density at radius 3 is 2.65 bits per heavy atom. The molecule has 0 spiro atoms. The molecule has 0 unspecified atom stereocenters. The molecule has 0 saturated heterocycles. The molecule has 5 heteroatoms. The average Bonchev–Trinajstić information content (AvgIpc) is 3.22. The third-order valence-electron chi connectivity index (χ3n) is 3.53. The molecule has 0 amide bonds. The van der Waals surface area contributed by atoms with Crippen LogP contribution in [0.15, 0.2) is 34.9 Å². The summed E-state index contributed by atoms with van der Waals surface area (Å²) in [4.78, 5) is 11.8. The number of rotatable bonds is 5. The smallest absolute Gasteiger partial charge is 0.164 e. The van der Waals surface area contributed by atoms with Crippen molar-refractivity contribution in [2.45, 2.75) is 25.2 Å². The van der Waals surface area contributed by atoms with Crippen molar-refractivity contribution in [3.05, 3.63) is 46.2 Å². The van der Waals surface area contributed by atoms with Crippen molar-refractivity contribution in [2.75, 3.05) is 6.54 Å². The van der Waals surface area contributed by atoms with Gasteiger partial charge in [-0.3, -0.25) is 4.79 Å². The Labute approximate surface area is 126 Å². The van der Waals surface area contributed by atoms with Crippen LogP contribution in [-0.4, -0.2) is 22.1 Å². The Kier molecular flexibility index (Phi) is 3.72. The van der Waals surface area contributed by atoms with Crippen molar-refractivity contribution < 1.29 is 4.79 Å². The second kappa shape index (κ2) is 5.50. The van der Waals surface area contributed by atoms with Crippen LogP contribution >= 0.6 is 15.9 Å². The Hall–Kier alpha value is -1.46. The van der Waals surface area contributed by atoms with Gasteiger partial charge in [0.1, 0.15) is 0 Å². The topological polar surface area (TPSA) is 60.9 Å². The number of halogens is 1. The highest BCUT2D eigenvalue weighted by atomic mass is 79.9. The number of benzene rings is 1. The van der Waals surface area contributed by atoms with Crippen molar-refractivity contribution in [2.24, 2.45) is 5.73 Å². The van der Waals surface area contributed by atoms with Gasteiger partial charge < -0.3 is 5.73 Å². The van der Waals surface area contributed by atoms with Gasteiger partial charge in [-0.15, -0.1) is 0 Å². The molecule has 1 fully saturated rings. The van der Waals surface area contributed by atoms with Crippen LogP contribution in [0.25, 0.3) is 5.69 Å². The van der Waals surface area contributed by atoms with Crippen LogP contribution in [0.1, 0.15) is 41.2 Å². The Morgan fingerprint density at radius 1 is 1.35 bits per heavy atom. The summed E-state index contributed by atoms with van der Waals surface area (Å²) in [6.07, 6.45) is 4.66. The molecule has 104 valence electrons. The average molecular weight is 334 g/mol. The quantitative estimate of drug-likeness (QED) is 0.855. The molecule has 0 atom stereocenters. The van der Waals surface area contributed by atoms with Crippen molar-refractivity contribution in [1.29, 1.82) is 0 Å². The van der Waals surface area contributed by atoms with E-state index in [0.717, 1.165) is 10.2 Å². The highest BCUT2D eigenvalue weighted by molar-refractivity contribution is 9.10. The third-order valence-corrected chi connectivity index (χ3v) is 4.14. The maximum absolute atomic E-state index is 11.8. The number of hydrogen-bond acceptors (Lipinski definition) is 3. The van der Waals surface area contributed by atoms with Crippen molar-refractivity contribution >= 4 is 21.7 Å². The lowest BCUT2D eigenvalue weighted by molar-refractivity contribution is 0.0985. The van der Waals surface area contributed by atoms with Gasteiger partial charge in [-0.2, -0.15) is 5.10 Å². The zero-order chi connectivity index (χ0) is 14.1. The first-order valence-corrected chi connectivity index (χ1v) is 7.57. The summed E-state index contributed by atoms with van der Waals surface area (Å²) in [5.41, 5.74) is 8.33. The van der Waals surface area contributed by atoms with E-state index in [9.17, 15) is 4.79 Å². The van der Waals surface area contributed by atoms with Crippen molar-refractivity contribution in [3.8, 4) is 5.69 Å². The summed E-state index contributed by atoms with van der Waals surface area (Å²) in [7, 11) is 0. The Balaban J connectivity index is 1.90. The van der Waals surface area contributed by atoms with E-state index < -0.39 is 0 Å². The van der Waals surface area contributed by atoms with Gasteiger partial charge in [0.25, 0.3) is 0 Å². The number of ketones is 1. The molecule has 20 heavy (non-hydrogen) atoms. The van der Waals surface area contributed by atoms with Gasteiger partial charge in [-0.05, 0) is 59.6 Å². The predicted octanol–water partition coefficient (Wildman–Crippen LogP) is 3.04. The van der Waals surface area contributed by atoms with E-state index >= 15 is 0 Å². The van der Waals surface area contributed by atoms with Crippen LogP contribution in [0.4, 0.5) is 0 Å². The first kappa shape index (κ1) is 13.5. The molecule has 2 N–H and O–H groups in total. The normalized spacial score (nSPS) is 14.5. The number of nitrogens with two attached hydrogens (primary N) is 1. The first-order valence-electron chi connectivity index (χ1n) is 6.78. The summed E-state index contributed by atoms with van der Waals surface area (Å²) in [6, 6.07) is 7.57. The van der Waals surface area contributed by atoms with Crippen LogP contribution in [0.3, 0.4) is 0 Å². The molecule has 1 aliphatic rings. The second-order valence-corrected chi connectivity index (χ2v) is 5.93. The lowest BCUT2D eigenvalue weighted by Gasteiger charge is -2.08. The molecule has 0 radical (unpaired) electrons. The summed E-state index contributed by atoms with van der Waals surface area (Å²) >= 11 is 3.56. The highest BCUT2D eigenvalue weighted by Gasteiger charge is 2.30. The van der Waals surface area contributed by atoms with Crippen molar-refractivity contribution in [1.82, 2.24) is 9.78 Å². The predicted molar refractivity (Wildman–Crippen MR) is 81.2 cm³/mol. The van der Waals surface area contributed by atoms with Gasteiger partial charge in [0.2, 0.25) is 0 Å². The number of carbonyl (C=O) groups is 1. The maximum Gasteiger partial charge on any atom is 0.164 e. The molecule has 1 aromatic carbocycles. The SMILES string of the molecule is NCCC(=O)c1ccc(-n2ncc(Br)c2C2CC2)cc1. The molecule has 3 rings (SSSR count). The fraction of sp³-hybridized carbons (Fsp3) is 0.333. The molecular weight excluding hydrogens is 318 g/mol. The molecule has 1 heterocycles. The molecule has 0 aliphatic heterocycles. The van der Waals surface area contributed by atoms with Gasteiger partial charge in [0, 0.05) is 17.9 Å². The van der Waals surface area contributed by atoms with Crippen LogP contribution in [-0.2, 0) is 0 Å². The van der Waals surface area contributed by atoms with Gasteiger partial charge in [0.15, 0.2) is 5.78 Å². The minimum Gasteiger partial charge on any atom is -0.330 e. The van der Waals surface area contributed by atoms with Gasteiger partial charge in [-0.1, -0.05) is 0 Å². The van der Waals surface area contributed by atoms with Crippen LogP contribution in [0.2, 0.25) is 0 Å². The summed E-state index contributed by atoms with van der Waals surface area (Å²) < 4.78 is 3.02. The lowest BCUT2D eigenvalue weighted by atomic mass is 10.1. The number of aromatic nitrogens is 2. The monoisotopic (exact) mass is 333 g/mol. The summed E-state index contributed by atoms with van der Waals surface area (Å²) in [5, 5.41) is 4.42. The molecule has 0 bridgehead atoms. The highest BCUT2D eigenvalue weighted by Crippen LogP contribution is 2.43. The number of Topliss-reactive ketones (excluding diaryl/α,β-unsaturated/α-hetero) is 1. The van der Waals surface area contributed by atoms with E-state index in [1.807, 2.05) is 35.1 Å². The Morgan fingerprint density at radius 2 is 2.05 bits per heavy atom. The van der Waals surface area contributed by atoms with Crippen LogP contribution in [0.5, 0.6) is 0 Å². The fourth-order valence-corrected chi connectivity index (χ4v) is 2.92. The van der Waals surface area contributed by atoms with Gasteiger partial charge in [0.05, 0.1) is 22.1 Å². The van der Waals surface area contributed by atoms with E-state index in [0.29, 0.717) is 24.4 Å². The van der Waals surface area contributed by atoms with E-state index in [2.05, 4.69) is 21.0 Å². The molecule has 1 aliphatic carbocycles.